The number of nitrogens with zero attached hydrogens (tertiary/aromatic N) is 2. The Labute approximate surface area is 125 Å². The van der Waals surface area contributed by atoms with E-state index >= 15 is 0 Å². The highest BCUT2D eigenvalue weighted by Gasteiger charge is 2.35. The standard InChI is InChI=1S/C18H21N3/c19-18-20-12-17(21(18)14-8-2-3-9-14)16-11-5-7-13-6-1-4-10-15(13)16/h1,4-7,10-11,14,17H,2-3,8-9,12H2,(H2,19,20). The quantitative estimate of drug-likeness (QED) is 0.914. The van der Waals surface area contributed by atoms with Crippen LogP contribution in [0.15, 0.2) is 47.5 Å². The lowest BCUT2D eigenvalue weighted by molar-refractivity contribution is 0.263. The van der Waals surface area contributed by atoms with Crippen LogP contribution in [0.3, 0.4) is 0 Å². The van der Waals surface area contributed by atoms with E-state index in [2.05, 4.69) is 52.4 Å². The van der Waals surface area contributed by atoms with Gasteiger partial charge in [0.15, 0.2) is 5.96 Å². The highest BCUT2D eigenvalue weighted by atomic mass is 15.3. The van der Waals surface area contributed by atoms with Gasteiger partial charge in [-0.05, 0) is 29.2 Å². The van der Waals surface area contributed by atoms with Crippen LogP contribution in [-0.2, 0) is 0 Å². The summed E-state index contributed by atoms with van der Waals surface area (Å²) < 4.78 is 0. The molecule has 0 aromatic heterocycles. The molecule has 4 rings (SSSR count). The molecule has 1 unspecified atom stereocenters. The minimum Gasteiger partial charge on any atom is -0.370 e. The van der Waals surface area contributed by atoms with Crippen LogP contribution in [0.25, 0.3) is 10.8 Å². The number of guanidine groups is 1. The molecule has 2 aliphatic rings. The second-order valence-corrected chi connectivity index (χ2v) is 6.13. The lowest BCUT2D eigenvalue weighted by atomic mass is 9.97. The molecule has 2 N–H and O–H groups in total. The molecule has 0 saturated heterocycles. The maximum absolute atomic E-state index is 6.21. The fourth-order valence-electron chi connectivity index (χ4n) is 3.92. The molecule has 1 aliphatic heterocycles. The highest BCUT2D eigenvalue weighted by molar-refractivity contribution is 5.88. The fraction of sp³-hybridized carbons (Fsp3) is 0.389. The Balaban J connectivity index is 1.77. The zero-order valence-electron chi connectivity index (χ0n) is 12.2. The van der Waals surface area contributed by atoms with Crippen LogP contribution >= 0.6 is 0 Å². The molecule has 1 saturated carbocycles. The predicted molar refractivity (Wildman–Crippen MR) is 87.3 cm³/mol. The molecule has 0 bridgehead atoms. The number of benzene rings is 2. The van der Waals surface area contributed by atoms with Gasteiger partial charge in [0.1, 0.15) is 0 Å². The van der Waals surface area contributed by atoms with Crippen molar-refractivity contribution in [1.29, 1.82) is 0 Å². The van der Waals surface area contributed by atoms with Gasteiger partial charge in [0, 0.05) is 6.04 Å². The first kappa shape index (κ1) is 12.7. The summed E-state index contributed by atoms with van der Waals surface area (Å²) in [6.45, 7) is 0.788. The smallest absolute Gasteiger partial charge is 0.192 e. The van der Waals surface area contributed by atoms with Crippen LogP contribution < -0.4 is 5.73 Å². The second-order valence-electron chi connectivity index (χ2n) is 6.13. The number of rotatable bonds is 2. The van der Waals surface area contributed by atoms with Crippen LogP contribution in [0, 0.1) is 0 Å². The third-order valence-corrected chi connectivity index (χ3v) is 4.93. The summed E-state index contributed by atoms with van der Waals surface area (Å²) in [4.78, 5) is 6.93. The van der Waals surface area contributed by atoms with Crippen molar-refractivity contribution in [2.75, 3.05) is 6.54 Å². The van der Waals surface area contributed by atoms with E-state index in [-0.39, 0.29) is 0 Å². The van der Waals surface area contributed by atoms with Gasteiger partial charge in [-0.25, -0.2) is 0 Å². The molecule has 1 aliphatic carbocycles. The Kier molecular flexibility index (Phi) is 3.06. The first-order valence-corrected chi connectivity index (χ1v) is 7.90. The van der Waals surface area contributed by atoms with E-state index in [1.807, 2.05) is 0 Å². The van der Waals surface area contributed by atoms with E-state index in [4.69, 9.17) is 5.73 Å². The summed E-state index contributed by atoms with van der Waals surface area (Å²) in [5.74, 6) is 0.736. The number of fused-ring (bicyclic) bond motifs is 1. The average Bonchev–Trinajstić information content (AvgIpc) is 3.16. The monoisotopic (exact) mass is 279 g/mol. The van der Waals surface area contributed by atoms with Gasteiger partial charge in [0.25, 0.3) is 0 Å². The van der Waals surface area contributed by atoms with Crippen molar-refractivity contribution in [2.24, 2.45) is 10.7 Å². The Morgan fingerprint density at radius 2 is 1.76 bits per heavy atom. The molecule has 3 heteroatoms. The Morgan fingerprint density at radius 3 is 2.62 bits per heavy atom. The van der Waals surface area contributed by atoms with Crippen molar-refractivity contribution in [3.63, 3.8) is 0 Å². The number of hydrogen-bond donors (Lipinski definition) is 1. The summed E-state index contributed by atoms with van der Waals surface area (Å²) in [7, 11) is 0. The van der Waals surface area contributed by atoms with Crippen molar-refractivity contribution in [3.05, 3.63) is 48.0 Å². The summed E-state index contributed by atoms with van der Waals surface area (Å²) in [6, 6.07) is 16.1. The van der Waals surface area contributed by atoms with Crippen molar-refractivity contribution >= 4 is 16.7 Å². The van der Waals surface area contributed by atoms with Gasteiger partial charge >= 0.3 is 0 Å². The fourth-order valence-corrected chi connectivity index (χ4v) is 3.92. The van der Waals surface area contributed by atoms with Crippen molar-refractivity contribution < 1.29 is 0 Å². The van der Waals surface area contributed by atoms with Crippen molar-refractivity contribution in [3.8, 4) is 0 Å². The van der Waals surface area contributed by atoms with Gasteiger partial charge in [0.2, 0.25) is 0 Å². The minimum atomic E-state index is 0.305. The molecular weight excluding hydrogens is 258 g/mol. The number of aliphatic imine (C=N–C) groups is 1. The topological polar surface area (TPSA) is 41.6 Å². The maximum atomic E-state index is 6.21. The molecular formula is C18H21N3. The van der Waals surface area contributed by atoms with Crippen LogP contribution in [-0.4, -0.2) is 23.4 Å². The molecule has 3 nitrogen and oxygen atoms in total. The lowest BCUT2D eigenvalue weighted by Crippen LogP contribution is -2.42. The molecule has 0 amide bonds. The lowest BCUT2D eigenvalue weighted by Gasteiger charge is -2.33. The largest absolute Gasteiger partial charge is 0.370 e. The summed E-state index contributed by atoms with van der Waals surface area (Å²) in [6.07, 6.45) is 5.13. The van der Waals surface area contributed by atoms with Crippen LogP contribution in [0.4, 0.5) is 0 Å². The average molecular weight is 279 g/mol. The molecule has 1 heterocycles. The van der Waals surface area contributed by atoms with Gasteiger partial charge in [-0.2, -0.15) is 0 Å². The molecule has 21 heavy (non-hydrogen) atoms. The first-order valence-electron chi connectivity index (χ1n) is 7.90. The van der Waals surface area contributed by atoms with Crippen molar-refractivity contribution in [1.82, 2.24) is 4.90 Å². The molecule has 108 valence electrons. The summed E-state index contributed by atoms with van der Waals surface area (Å²) in [5.41, 5.74) is 7.57. The minimum absolute atomic E-state index is 0.305. The SMILES string of the molecule is NC1=NCC(c2cccc3ccccc23)N1C1CCCC1. The predicted octanol–water partition coefficient (Wildman–Crippen LogP) is 3.45. The van der Waals surface area contributed by atoms with Gasteiger partial charge in [-0.15, -0.1) is 0 Å². The summed E-state index contributed by atoms with van der Waals surface area (Å²) >= 11 is 0. The Morgan fingerprint density at radius 1 is 1.00 bits per heavy atom. The van der Waals surface area contributed by atoms with E-state index in [1.54, 1.807) is 0 Å². The number of hydrogen-bond acceptors (Lipinski definition) is 3. The normalized spacial score (nSPS) is 23.0. The zero-order valence-corrected chi connectivity index (χ0v) is 12.2. The maximum Gasteiger partial charge on any atom is 0.192 e. The van der Waals surface area contributed by atoms with Crippen LogP contribution in [0.2, 0.25) is 0 Å². The molecule has 2 aromatic rings. The molecule has 1 atom stereocenters. The van der Waals surface area contributed by atoms with Crippen LogP contribution in [0.1, 0.15) is 37.3 Å². The molecule has 0 spiro atoms. The zero-order chi connectivity index (χ0) is 14.2. The molecule has 2 aromatic carbocycles. The third-order valence-electron chi connectivity index (χ3n) is 4.93. The molecule has 0 radical (unpaired) electrons. The van der Waals surface area contributed by atoms with Crippen LogP contribution in [0.5, 0.6) is 0 Å². The Hall–Kier alpha value is -2.03. The van der Waals surface area contributed by atoms with E-state index in [9.17, 15) is 0 Å². The van der Waals surface area contributed by atoms with E-state index in [1.165, 1.54) is 42.0 Å². The van der Waals surface area contributed by atoms with Gasteiger partial charge < -0.3 is 10.6 Å². The van der Waals surface area contributed by atoms with E-state index in [0.717, 1.165) is 12.5 Å². The van der Waals surface area contributed by atoms with Gasteiger partial charge in [0.05, 0.1) is 12.6 Å². The molecule has 1 fully saturated rings. The third kappa shape index (κ3) is 2.08. The van der Waals surface area contributed by atoms with Crippen molar-refractivity contribution in [2.45, 2.75) is 37.8 Å². The van der Waals surface area contributed by atoms with Gasteiger partial charge in [-0.3, -0.25) is 4.99 Å². The number of nitrogens with two attached hydrogens (primary N) is 1. The van der Waals surface area contributed by atoms with Gasteiger partial charge in [-0.1, -0.05) is 55.3 Å². The first-order chi connectivity index (χ1) is 10.3. The second kappa shape index (κ2) is 5.06. The van der Waals surface area contributed by atoms with E-state index < -0.39 is 0 Å². The van der Waals surface area contributed by atoms with E-state index in [0.29, 0.717) is 12.1 Å². The Bertz CT molecular complexity index is 680. The highest BCUT2D eigenvalue weighted by Crippen LogP contribution is 2.36. The summed E-state index contributed by atoms with van der Waals surface area (Å²) in [5, 5.41) is 2.63.